The van der Waals surface area contributed by atoms with E-state index in [1.807, 2.05) is 17.1 Å². The van der Waals surface area contributed by atoms with Crippen molar-refractivity contribution in [3.63, 3.8) is 0 Å². The standard InChI is InChI=1S/C10H14N2O.C5H12N2.C5H4O2/c1-2-6-12(7-3-1)11-9-10-5-4-8-13-10;6-7-4-2-1-3-5-7;6-4-5-2-1-3-7-5/h4-5,8-9H,1-3,6-7H2;1-6H2;1-4H/b11-9+;;. The minimum Gasteiger partial charge on any atom is -0.463 e. The number of carbonyl (C=O) groups excluding carboxylic acids is 1. The van der Waals surface area contributed by atoms with E-state index in [1.165, 1.54) is 44.8 Å². The zero-order valence-electron chi connectivity index (χ0n) is 15.8. The molecule has 2 aliphatic heterocycles. The van der Waals surface area contributed by atoms with E-state index in [9.17, 15) is 4.79 Å². The van der Waals surface area contributed by atoms with Crippen LogP contribution in [0.25, 0.3) is 0 Å². The van der Waals surface area contributed by atoms with E-state index in [0.29, 0.717) is 12.0 Å². The molecule has 2 fully saturated rings. The zero-order chi connectivity index (χ0) is 19.2. The van der Waals surface area contributed by atoms with Gasteiger partial charge in [-0.2, -0.15) is 5.10 Å². The summed E-state index contributed by atoms with van der Waals surface area (Å²) in [5.41, 5.74) is 0. The number of piperidine rings is 2. The van der Waals surface area contributed by atoms with Crippen LogP contribution in [0.5, 0.6) is 0 Å². The van der Waals surface area contributed by atoms with Gasteiger partial charge in [0.25, 0.3) is 0 Å². The molecule has 2 aromatic rings. The highest BCUT2D eigenvalue weighted by Crippen LogP contribution is 2.08. The average Bonchev–Trinajstić information content (AvgIpc) is 3.43. The van der Waals surface area contributed by atoms with Crippen molar-refractivity contribution in [3.05, 3.63) is 48.3 Å². The van der Waals surface area contributed by atoms with Gasteiger partial charge in [0.15, 0.2) is 12.0 Å². The molecule has 7 nitrogen and oxygen atoms in total. The van der Waals surface area contributed by atoms with Crippen LogP contribution in [-0.4, -0.2) is 48.7 Å². The Kier molecular flexibility index (Phi) is 9.99. The molecule has 2 N–H and O–H groups in total. The Balaban J connectivity index is 0.000000159. The normalized spacial score (nSPS) is 17.6. The van der Waals surface area contributed by atoms with Gasteiger partial charge in [-0.25, -0.2) is 5.01 Å². The second kappa shape index (κ2) is 12.9. The third-order valence-corrected chi connectivity index (χ3v) is 4.27. The van der Waals surface area contributed by atoms with Gasteiger partial charge in [-0.3, -0.25) is 15.6 Å². The Morgan fingerprint density at radius 1 is 0.852 bits per heavy atom. The first-order chi connectivity index (χ1) is 13.3. The van der Waals surface area contributed by atoms with Gasteiger partial charge in [0.2, 0.25) is 0 Å². The molecule has 0 aliphatic carbocycles. The molecule has 4 rings (SSSR count). The van der Waals surface area contributed by atoms with E-state index in [2.05, 4.69) is 14.5 Å². The van der Waals surface area contributed by atoms with Crippen LogP contribution in [0.3, 0.4) is 0 Å². The summed E-state index contributed by atoms with van der Waals surface area (Å²) < 4.78 is 9.76. The molecule has 0 atom stereocenters. The monoisotopic (exact) mass is 374 g/mol. The second-order valence-electron chi connectivity index (χ2n) is 6.50. The minimum absolute atomic E-state index is 0.375. The highest BCUT2D eigenvalue weighted by Gasteiger charge is 2.06. The number of nitrogens with two attached hydrogens (primary N) is 1. The lowest BCUT2D eigenvalue weighted by molar-refractivity contribution is 0.110. The smallest absolute Gasteiger partial charge is 0.185 e. The minimum atomic E-state index is 0.375. The van der Waals surface area contributed by atoms with Crippen molar-refractivity contribution in [1.82, 2.24) is 10.0 Å². The number of hydrogen-bond donors (Lipinski definition) is 1. The van der Waals surface area contributed by atoms with E-state index >= 15 is 0 Å². The van der Waals surface area contributed by atoms with Gasteiger partial charge < -0.3 is 8.83 Å². The Labute approximate surface area is 160 Å². The van der Waals surface area contributed by atoms with Crippen molar-refractivity contribution in [2.24, 2.45) is 10.9 Å². The first-order valence-electron chi connectivity index (χ1n) is 9.58. The van der Waals surface area contributed by atoms with Crippen LogP contribution in [0.15, 0.2) is 50.7 Å². The molecular weight excluding hydrogens is 344 g/mol. The molecule has 2 saturated heterocycles. The largest absolute Gasteiger partial charge is 0.463 e. The molecule has 27 heavy (non-hydrogen) atoms. The number of hydrogen-bond acceptors (Lipinski definition) is 7. The first-order valence-corrected chi connectivity index (χ1v) is 9.58. The lowest BCUT2D eigenvalue weighted by Crippen LogP contribution is -2.35. The number of hydrazine groups is 1. The zero-order valence-corrected chi connectivity index (χ0v) is 15.8. The lowest BCUT2D eigenvalue weighted by atomic mass is 10.2. The molecule has 0 radical (unpaired) electrons. The summed E-state index contributed by atoms with van der Waals surface area (Å²) in [6, 6.07) is 7.06. The van der Waals surface area contributed by atoms with Gasteiger partial charge in [-0.15, -0.1) is 0 Å². The molecule has 2 aliphatic rings. The van der Waals surface area contributed by atoms with E-state index in [-0.39, 0.29) is 0 Å². The highest BCUT2D eigenvalue weighted by molar-refractivity contribution is 5.75. The summed E-state index contributed by atoms with van der Waals surface area (Å²) in [6.07, 6.45) is 13.4. The Bertz CT molecular complexity index is 614. The summed E-state index contributed by atoms with van der Waals surface area (Å²) in [5, 5.41) is 8.34. The third-order valence-electron chi connectivity index (χ3n) is 4.27. The predicted octanol–water partition coefficient (Wildman–Crippen LogP) is 3.54. The van der Waals surface area contributed by atoms with Crippen LogP contribution in [-0.2, 0) is 0 Å². The summed E-state index contributed by atoms with van der Waals surface area (Å²) >= 11 is 0. The quantitative estimate of drug-likeness (QED) is 0.502. The van der Waals surface area contributed by atoms with Crippen molar-refractivity contribution < 1.29 is 13.6 Å². The second-order valence-corrected chi connectivity index (χ2v) is 6.50. The molecule has 0 unspecified atom stereocenters. The number of furan rings is 2. The molecule has 2 aromatic heterocycles. The van der Waals surface area contributed by atoms with Crippen LogP contribution < -0.4 is 5.84 Å². The van der Waals surface area contributed by atoms with Gasteiger partial charge in [-0.05, 0) is 56.4 Å². The third kappa shape index (κ3) is 9.21. The summed E-state index contributed by atoms with van der Waals surface area (Å²) in [5.74, 6) is 6.67. The van der Waals surface area contributed by atoms with Gasteiger partial charge in [0.05, 0.1) is 18.7 Å². The summed E-state index contributed by atoms with van der Waals surface area (Å²) in [7, 11) is 0. The first kappa shape index (κ1) is 20.9. The molecule has 7 heteroatoms. The molecule has 0 saturated carbocycles. The Morgan fingerprint density at radius 3 is 1.81 bits per heavy atom. The number of nitrogens with zero attached hydrogens (tertiary/aromatic N) is 3. The number of hydrazone groups is 1. The van der Waals surface area contributed by atoms with Crippen molar-refractivity contribution >= 4 is 12.5 Å². The van der Waals surface area contributed by atoms with Crippen LogP contribution in [0.4, 0.5) is 0 Å². The molecule has 0 spiro atoms. The van der Waals surface area contributed by atoms with E-state index in [0.717, 1.165) is 31.9 Å². The molecule has 0 amide bonds. The van der Waals surface area contributed by atoms with Gasteiger partial charge in [0.1, 0.15) is 5.76 Å². The summed E-state index contributed by atoms with van der Waals surface area (Å²) in [6.45, 7) is 4.36. The highest BCUT2D eigenvalue weighted by atomic mass is 16.3. The van der Waals surface area contributed by atoms with Crippen LogP contribution in [0, 0.1) is 0 Å². The van der Waals surface area contributed by atoms with E-state index in [4.69, 9.17) is 10.3 Å². The lowest BCUT2D eigenvalue weighted by Gasteiger charge is -2.22. The Hall–Kier alpha value is -2.38. The fourth-order valence-corrected chi connectivity index (χ4v) is 2.77. The van der Waals surface area contributed by atoms with Crippen molar-refractivity contribution in [3.8, 4) is 0 Å². The maximum absolute atomic E-state index is 9.77. The fourth-order valence-electron chi connectivity index (χ4n) is 2.77. The van der Waals surface area contributed by atoms with Crippen molar-refractivity contribution in [2.75, 3.05) is 26.2 Å². The molecule has 148 valence electrons. The van der Waals surface area contributed by atoms with E-state index < -0.39 is 0 Å². The van der Waals surface area contributed by atoms with Crippen LogP contribution >= 0.6 is 0 Å². The number of carbonyl (C=O) groups is 1. The summed E-state index contributed by atoms with van der Waals surface area (Å²) in [4.78, 5) is 9.77. The van der Waals surface area contributed by atoms with Crippen LogP contribution in [0.1, 0.15) is 54.8 Å². The number of rotatable bonds is 3. The maximum Gasteiger partial charge on any atom is 0.185 e. The number of aldehydes is 1. The Morgan fingerprint density at radius 2 is 1.41 bits per heavy atom. The van der Waals surface area contributed by atoms with Crippen molar-refractivity contribution in [1.29, 1.82) is 0 Å². The topological polar surface area (TPSA) is 88.2 Å². The molecule has 0 bridgehead atoms. The molecule has 0 aromatic carbocycles. The molecular formula is C20H30N4O3. The van der Waals surface area contributed by atoms with Crippen LogP contribution in [0.2, 0.25) is 0 Å². The van der Waals surface area contributed by atoms with Crippen molar-refractivity contribution in [2.45, 2.75) is 38.5 Å². The maximum atomic E-state index is 9.77. The predicted molar refractivity (Wildman–Crippen MR) is 105 cm³/mol. The van der Waals surface area contributed by atoms with E-state index in [1.54, 1.807) is 24.6 Å². The fraction of sp³-hybridized carbons (Fsp3) is 0.500. The van der Waals surface area contributed by atoms with Gasteiger partial charge in [-0.1, -0.05) is 6.42 Å². The van der Waals surface area contributed by atoms with Gasteiger partial charge in [0, 0.05) is 26.2 Å². The molecule has 4 heterocycles. The SMILES string of the molecule is C(=N\N1CCCCC1)/c1ccco1.NN1CCCCC1.O=Cc1ccco1. The average molecular weight is 374 g/mol. The van der Waals surface area contributed by atoms with Gasteiger partial charge >= 0.3 is 0 Å².